The summed E-state index contributed by atoms with van der Waals surface area (Å²) < 4.78 is 0. The lowest BCUT2D eigenvalue weighted by Crippen LogP contribution is -2.33. The highest BCUT2D eigenvalue weighted by Gasteiger charge is 2.13. The van der Waals surface area contributed by atoms with Crippen molar-refractivity contribution in [2.45, 2.75) is 25.3 Å². The molecule has 2 amide bonds. The molecule has 1 aliphatic heterocycles. The average molecular weight is 302 g/mol. The first-order valence-electron chi connectivity index (χ1n) is 6.38. The molecule has 0 radical (unpaired) electrons. The summed E-state index contributed by atoms with van der Waals surface area (Å²) in [5.41, 5.74) is 0.592. The lowest BCUT2D eigenvalue weighted by Gasteiger charge is -2.11. The van der Waals surface area contributed by atoms with Gasteiger partial charge in [-0.3, -0.25) is 0 Å². The van der Waals surface area contributed by atoms with Crippen LogP contribution >= 0.6 is 23.2 Å². The molecule has 0 bridgehead atoms. The molecule has 1 fully saturated rings. The van der Waals surface area contributed by atoms with Crippen molar-refractivity contribution in [2.75, 3.05) is 18.4 Å². The fraction of sp³-hybridized carbons (Fsp3) is 0.462. The van der Waals surface area contributed by atoms with Gasteiger partial charge in [0.1, 0.15) is 0 Å². The first-order valence-corrected chi connectivity index (χ1v) is 7.13. The zero-order valence-electron chi connectivity index (χ0n) is 10.5. The SMILES string of the molecule is O=C(NCC[C@H]1CCCN1)Nc1cc(Cl)cc(Cl)c1. The molecule has 0 aromatic heterocycles. The van der Waals surface area contributed by atoms with Crippen LogP contribution in [0.1, 0.15) is 19.3 Å². The molecule has 0 aliphatic carbocycles. The molecule has 6 heteroatoms. The van der Waals surface area contributed by atoms with Crippen molar-refractivity contribution >= 4 is 34.9 Å². The summed E-state index contributed by atoms with van der Waals surface area (Å²) in [6.07, 6.45) is 3.36. The molecule has 2 rings (SSSR count). The number of urea groups is 1. The predicted octanol–water partition coefficient (Wildman–Crippen LogP) is 3.26. The van der Waals surface area contributed by atoms with Crippen LogP contribution in [-0.2, 0) is 0 Å². The smallest absolute Gasteiger partial charge is 0.319 e. The molecule has 1 aromatic carbocycles. The van der Waals surface area contributed by atoms with E-state index in [1.165, 1.54) is 12.8 Å². The Morgan fingerprint density at radius 1 is 1.32 bits per heavy atom. The van der Waals surface area contributed by atoms with E-state index in [1.807, 2.05) is 0 Å². The van der Waals surface area contributed by atoms with E-state index >= 15 is 0 Å². The first kappa shape index (κ1) is 14.4. The number of hydrogen-bond donors (Lipinski definition) is 3. The van der Waals surface area contributed by atoms with Crippen LogP contribution in [0.2, 0.25) is 10.0 Å². The molecule has 1 aliphatic rings. The van der Waals surface area contributed by atoms with Crippen LogP contribution in [0, 0.1) is 0 Å². The van der Waals surface area contributed by atoms with Crippen molar-refractivity contribution in [1.29, 1.82) is 0 Å². The Morgan fingerprint density at radius 2 is 2.05 bits per heavy atom. The van der Waals surface area contributed by atoms with Gasteiger partial charge in [0.15, 0.2) is 0 Å². The Kier molecular flexibility index (Phi) is 5.31. The number of rotatable bonds is 4. The molecular formula is C13H17Cl2N3O. The minimum Gasteiger partial charge on any atom is -0.338 e. The summed E-state index contributed by atoms with van der Waals surface area (Å²) >= 11 is 11.7. The van der Waals surface area contributed by atoms with Crippen LogP contribution in [-0.4, -0.2) is 25.2 Å². The van der Waals surface area contributed by atoms with Crippen molar-refractivity contribution in [3.63, 3.8) is 0 Å². The highest BCUT2D eigenvalue weighted by molar-refractivity contribution is 6.35. The number of carbonyl (C=O) groups excluding carboxylic acids is 1. The number of benzene rings is 1. The van der Waals surface area contributed by atoms with Crippen molar-refractivity contribution in [1.82, 2.24) is 10.6 Å². The third-order valence-electron chi connectivity index (χ3n) is 3.06. The van der Waals surface area contributed by atoms with E-state index in [4.69, 9.17) is 23.2 Å². The molecule has 0 saturated carbocycles. The highest BCUT2D eigenvalue weighted by atomic mass is 35.5. The molecule has 19 heavy (non-hydrogen) atoms. The van der Waals surface area contributed by atoms with Crippen LogP contribution < -0.4 is 16.0 Å². The Balaban J connectivity index is 1.74. The van der Waals surface area contributed by atoms with Crippen LogP contribution in [0.25, 0.3) is 0 Å². The normalized spacial score (nSPS) is 18.3. The zero-order valence-corrected chi connectivity index (χ0v) is 12.0. The van der Waals surface area contributed by atoms with Crippen molar-refractivity contribution in [2.24, 2.45) is 0 Å². The first-order chi connectivity index (χ1) is 9.13. The maximum absolute atomic E-state index is 11.7. The zero-order chi connectivity index (χ0) is 13.7. The molecule has 1 saturated heterocycles. The van der Waals surface area contributed by atoms with E-state index in [1.54, 1.807) is 18.2 Å². The van der Waals surface area contributed by atoms with Crippen LogP contribution in [0.15, 0.2) is 18.2 Å². The van der Waals surface area contributed by atoms with Gasteiger partial charge in [-0.05, 0) is 44.0 Å². The highest BCUT2D eigenvalue weighted by Crippen LogP contribution is 2.22. The Morgan fingerprint density at radius 3 is 2.68 bits per heavy atom. The molecule has 4 nitrogen and oxygen atoms in total. The number of carbonyl (C=O) groups is 1. The van der Waals surface area contributed by atoms with E-state index in [0.717, 1.165) is 13.0 Å². The summed E-state index contributed by atoms with van der Waals surface area (Å²) in [7, 11) is 0. The van der Waals surface area contributed by atoms with Gasteiger partial charge in [-0.25, -0.2) is 4.79 Å². The maximum Gasteiger partial charge on any atom is 0.319 e. The lowest BCUT2D eigenvalue weighted by molar-refractivity contribution is 0.251. The number of hydrogen-bond acceptors (Lipinski definition) is 2. The monoisotopic (exact) mass is 301 g/mol. The summed E-state index contributed by atoms with van der Waals surface area (Å²) in [6, 6.07) is 5.23. The minimum absolute atomic E-state index is 0.240. The molecule has 0 spiro atoms. The van der Waals surface area contributed by atoms with E-state index in [2.05, 4.69) is 16.0 Å². The van der Waals surface area contributed by atoms with Crippen LogP contribution in [0.3, 0.4) is 0 Å². The molecule has 1 atom stereocenters. The van der Waals surface area contributed by atoms with Gasteiger partial charge in [-0.15, -0.1) is 0 Å². The van der Waals surface area contributed by atoms with Crippen molar-refractivity contribution < 1.29 is 4.79 Å². The summed E-state index contributed by atoms with van der Waals surface area (Å²) in [6.45, 7) is 1.73. The number of anilines is 1. The standard InChI is InChI=1S/C13H17Cl2N3O/c14-9-6-10(15)8-12(7-9)18-13(19)17-5-3-11-2-1-4-16-11/h6-8,11,16H,1-5H2,(H2,17,18,19)/t11-/m1/s1. The van der Waals surface area contributed by atoms with Gasteiger partial charge in [-0.2, -0.15) is 0 Å². The molecule has 1 heterocycles. The molecule has 3 N–H and O–H groups in total. The van der Waals surface area contributed by atoms with Crippen LogP contribution in [0.4, 0.5) is 10.5 Å². The van der Waals surface area contributed by atoms with Crippen LogP contribution in [0.5, 0.6) is 0 Å². The second kappa shape index (κ2) is 6.98. The van der Waals surface area contributed by atoms with Gasteiger partial charge in [0.2, 0.25) is 0 Å². The maximum atomic E-state index is 11.7. The van der Waals surface area contributed by atoms with Gasteiger partial charge >= 0.3 is 6.03 Å². The van der Waals surface area contributed by atoms with Gasteiger partial charge in [0.25, 0.3) is 0 Å². The second-order valence-electron chi connectivity index (χ2n) is 4.62. The predicted molar refractivity (Wildman–Crippen MR) is 79.1 cm³/mol. The minimum atomic E-state index is -0.240. The average Bonchev–Trinajstić information content (AvgIpc) is 2.80. The third kappa shape index (κ3) is 4.90. The van der Waals surface area contributed by atoms with Gasteiger partial charge in [0, 0.05) is 28.3 Å². The fourth-order valence-electron chi connectivity index (χ4n) is 2.16. The van der Waals surface area contributed by atoms with E-state index in [9.17, 15) is 4.79 Å². The molecule has 104 valence electrons. The van der Waals surface area contributed by atoms with E-state index in [0.29, 0.717) is 28.3 Å². The summed E-state index contributed by atoms with van der Waals surface area (Å²) in [5.74, 6) is 0. The fourth-order valence-corrected chi connectivity index (χ4v) is 2.69. The van der Waals surface area contributed by atoms with Gasteiger partial charge in [-0.1, -0.05) is 23.2 Å². The Labute approximate surface area is 122 Å². The third-order valence-corrected chi connectivity index (χ3v) is 3.50. The summed E-state index contributed by atoms with van der Waals surface area (Å²) in [5, 5.41) is 9.91. The largest absolute Gasteiger partial charge is 0.338 e. The number of amides is 2. The van der Waals surface area contributed by atoms with Gasteiger partial charge < -0.3 is 16.0 Å². The molecule has 1 aromatic rings. The van der Waals surface area contributed by atoms with E-state index < -0.39 is 0 Å². The molecular weight excluding hydrogens is 285 g/mol. The van der Waals surface area contributed by atoms with Crippen molar-refractivity contribution in [3.05, 3.63) is 28.2 Å². The molecule has 0 unspecified atom stereocenters. The number of halogens is 2. The second-order valence-corrected chi connectivity index (χ2v) is 5.49. The Hall–Kier alpha value is -0.970. The lowest BCUT2D eigenvalue weighted by atomic mass is 10.1. The summed E-state index contributed by atoms with van der Waals surface area (Å²) in [4.78, 5) is 11.7. The number of nitrogens with one attached hydrogen (secondary N) is 3. The van der Waals surface area contributed by atoms with Crippen molar-refractivity contribution in [3.8, 4) is 0 Å². The topological polar surface area (TPSA) is 53.2 Å². The quantitative estimate of drug-likeness (QED) is 0.799. The van der Waals surface area contributed by atoms with E-state index in [-0.39, 0.29) is 6.03 Å². The van der Waals surface area contributed by atoms with Gasteiger partial charge in [0.05, 0.1) is 0 Å². The Bertz CT molecular complexity index is 427.